The second kappa shape index (κ2) is 6.86. The Balaban J connectivity index is 1.51. The summed E-state index contributed by atoms with van der Waals surface area (Å²) in [5, 5.41) is 18.8. The zero-order chi connectivity index (χ0) is 19.1. The van der Waals surface area contributed by atoms with Gasteiger partial charge in [0.1, 0.15) is 23.2 Å². The zero-order valence-corrected chi connectivity index (χ0v) is 16.2. The molecule has 1 aromatic carbocycles. The molecular formula is C20H18N6OS. The molecule has 1 N–H and O–H groups in total. The number of benzene rings is 1. The summed E-state index contributed by atoms with van der Waals surface area (Å²) in [5.74, 6) is 0. The molecule has 1 fully saturated rings. The lowest BCUT2D eigenvalue weighted by atomic mass is 10.0. The smallest absolute Gasteiger partial charge is 0.274 e. The molecule has 8 heteroatoms. The van der Waals surface area contributed by atoms with E-state index in [1.165, 1.54) is 0 Å². The van der Waals surface area contributed by atoms with Crippen molar-refractivity contribution in [3.63, 3.8) is 0 Å². The fourth-order valence-corrected chi connectivity index (χ4v) is 4.45. The van der Waals surface area contributed by atoms with Gasteiger partial charge in [-0.3, -0.25) is 9.67 Å². The average Bonchev–Trinajstić information content (AvgIpc) is 3.28. The number of rotatable bonds is 3. The van der Waals surface area contributed by atoms with E-state index >= 15 is 0 Å². The predicted octanol–water partition coefficient (Wildman–Crippen LogP) is 3.25. The second-order valence-corrected chi connectivity index (χ2v) is 7.95. The molecule has 0 atom stereocenters. The third-order valence-electron chi connectivity index (χ3n) is 4.95. The number of thiazole rings is 1. The van der Waals surface area contributed by atoms with E-state index in [-0.39, 0.29) is 6.10 Å². The molecule has 0 unspecified atom stereocenters. The number of fused-ring (bicyclic) bond motifs is 2. The highest BCUT2D eigenvalue weighted by atomic mass is 32.1. The van der Waals surface area contributed by atoms with E-state index in [1.54, 1.807) is 22.2 Å². The standard InChI is InChI=1S/C20H18N6OS/c1-26-11-14-7-12(6-13(9-21)19(14)25-26)16-8-18-17(10-23-16)24-20(28-18)27-15-2-4-22-5-3-15/h6-8,10-11,15,22H,2-5H2,1H3. The summed E-state index contributed by atoms with van der Waals surface area (Å²) in [5.41, 5.74) is 3.81. The van der Waals surface area contributed by atoms with Crippen molar-refractivity contribution < 1.29 is 4.74 Å². The van der Waals surface area contributed by atoms with Gasteiger partial charge in [0, 0.05) is 24.2 Å². The fraction of sp³-hybridized carbons (Fsp3) is 0.300. The Morgan fingerprint density at radius 1 is 1.29 bits per heavy atom. The highest BCUT2D eigenvalue weighted by Gasteiger charge is 2.17. The number of nitriles is 1. The van der Waals surface area contributed by atoms with Gasteiger partial charge in [-0.1, -0.05) is 11.3 Å². The quantitative estimate of drug-likeness (QED) is 0.578. The average molecular weight is 390 g/mol. The molecular weight excluding hydrogens is 372 g/mol. The minimum atomic E-state index is 0.223. The van der Waals surface area contributed by atoms with E-state index in [9.17, 15) is 5.26 Å². The Kier molecular flexibility index (Phi) is 4.19. The van der Waals surface area contributed by atoms with Crippen molar-refractivity contribution in [1.82, 2.24) is 25.1 Å². The summed E-state index contributed by atoms with van der Waals surface area (Å²) in [4.78, 5) is 9.14. The van der Waals surface area contributed by atoms with E-state index in [2.05, 4.69) is 26.5 Å². The van der Waals surface area contributed by atoms with Crippen molar-refractivity contribution in [3.05, 3.63) is 36.2 Å². The molecule has 28 heavy (non-hydrogen) atoms. The number of nitrogens with zero attached hydrogens (tertiary/aromatic N) is 5. The van der Waals surface area contributed by atoms with Crippen LogP contribution in [-0.4, -0.2) is 38.9 Å². The largest absolute Gasteiger partial charge is 0.467 e. The van der Waals surface area contributed by atoms with Gasteiger partial charge in [-0.05, 0) is 44.1 Å². The van der Waals surface area contributed by atoms with Crippen molar-refractivity contribution in [2.24, 2.45) is 7.05 Å². The first-order chi connectivity index (χ1) is 13.7. The maximum absolute atomic E-state index is 9.50. The minimum Gasteiger partial charge on any atom is -0.467 e. The molecule has 1 aliphatic rings. The lowest BCUT2D eigenvalue weighted by Gasteiger charge is -2.22. The van der Waals surface area contributed by atoms with Gasteiger partial charge in [-0.15, -0.1) is 0 Å². The molecule has 1 aliphatic heterocycles. The van der Waals surface area contributed by atoms with Crippen molar-refractivity contribution in [1.29, 1.82) is 5.26 Å². The molecule has 0 radical (unpaired) electrons. The molecule has 0 aliphatic carbocycles. The molecule has 140 valence electrons. The van der Waals surface area contributed by atoms with Crippen molar-refractivity contribution in [3.8, 4) is 22.5 Å². The topological polar surface area (TPSA) is 88.6 Å². The molecule has 0 amide bonds. The third-order valence-corrected chi connectivity index (χ3v) is 5.86. The summed E-state index contributed by atoms with van der Waals surface area (Å²) in [6.07, 6.45) is 5.91. The van der Waals surface area contributed by atoms with E-state index in [0.717, 1.165) is 52.8 Å². The highest BCUT2D eigenvalue weighted by molar-refractivity contribution is 7.20. The monoisotopic (exact) mass is 390 g/mol. The summed E-state index contributed by atoms with van der Waals surface area (Å²) in [7, 11) is 1.85. The molecule has 3 aromatic heterocycles. The van der Waals surface area contributed by atoms with E-state index in [4.69, 9.17) is 4.74 Å². The van der Waals surface area contributed by atoms with Crippen LogP contribution in [0.4, 0.5) is 0 Å². The number of hydrogen-bond acceptors (Lipinski definition) is 7. The predicted molar refractivity (Wildman–Crippen MR) is 108 cm³/mol. The number of piperidine rings is 1. The maximum atomic E-state index is 9.50. The van der Waals surface area contributed by atoms with E-state index in [0.29, 0.717) is 16.3 Å². The number of aryl methyl sites for hydroxylation is 1. The fourth-order valence-electron chi connectivity index (χ4n) is 3.56. The Morgan fingerprint density at radius 3 is 2.96 bits per heavy atom. The van der Waals surface area contributed by atoms with Gasteiger partial charge < -0.3 is 10.1 Å². The normalized spacial score (nSPS) is 15.1. The van der Waals surface area contributed by atoms with Crippen LogP contribution in [0.25, 0.3) is 32.4 Å². The molecule has 5 rings (SSSR count). The Bertz CT molecular complexity index is 1210. The molecule has 0 saturated carbocycles. The SMILES string of the molecule is Cn1cc2cc(-c3cc4sc(OC5CCNCC5)nc4cn3)cc(C#N)c2n1. The van der Waals surface area contributed by atoms with Crippen LogP contribution in [-0.2, 0) is 7.05 Å². The first kappa shape index (κ1) is 17.1. The lowest BCUT2D eigenvalue weighted by Crippen LogP contribution is -2.34. The molecule has 4 heterocycles. The molecule has 1 saturated heterocycles. The van der Waals surface area contributed by atoms with Crippen molar-refractivity contribution in [2.45, 2.75) is 18.9 Å². The van der Waals surface area contributed by atoms with Crippen LogP contribution >= 0.6 is 11.3 Å². The summed E-state index contributed by atoms with van der Waals surface area (Å²) in [6, 6.07) is 8.12. The maximum Gasteiger partial charge on any atom is 0.274 e. The van der Waals surface area contributed by atoms with Gasteiger partial charge in [0.05, 0.1) is 22.2 Å². The van der Waals surface area contributed by atoms with Gasteiger partial charge in [0.25, 0.3) is 5.19 Å². The lowest BCUT2D eigenvalue weighted by molar-refractivity contribution is 0.162. The van der Waals surface area contributed by atoms with Gasteiger partial charge in [0.2, 0.25) is 0 Å². The van der Waals surface area contributed by atoms with Crippen molar-refractivity contribution >= 4 is 32.5 Å². The molecule has 4 aromatic rings. The number of pyridine rings is 1. The minimum absolute atomic E-state index is 0.223. The van der Waals surface area contributed by atoms with Gasteiger partial charge in [-0.2, -0.15) is 10.4 Å². The highest BCUT2D eigenvalue weighted by Crippen LogP contribution is 2.33. The van der Waals surface area contributed by atoms with Crippen molar-refractivity contribution in [2.75, 3.05) is 13.1 Å². The summed E-state index contributed by atoms with van der Waals surface area (Å²) < 4.78 is 8.82. The molecule has 0 bridgehead atoms. The number of hydrogen-bond donors (Lipinski definition) is 1. The summed E-state index contributed by atoms with van der Waals surface area (Å²) in [6.45, 7) is 1.97. The van der Waals surface area contributed by atoms with Gasteiger partial charge in [0.15, 0.2) is 0 Å². The van der Waals surface area contributed by atoms with Crippen LogP contribution in [0.3, 0.4) is 0 Å². The van der Waals surface area contributed by atoms with Crippen LogP contribution in [0.15, 0.2) is 30.6 Å². The number of aromatic nitrogens is 4. The third kappa shape index (κ3) is 3.09. The van der Waals surface area contributed by atoms with E-state index < -0.39 is 0 Å². The van der Waals surface area contributed by atoms with Crippen LogP contribution in [0.5, 0.6) is 5.19 Å². The first-order valence-corrected chi connectivity index (χ1v) is 10.0. The zero-order valence-electron chi connectivity index (χ0n) is 15.3. The molecule has 0 spiro atoms. The number of ether oxygens (including phenoxy) is 1. The van der Waals surface area contributed by atoms with Crippen LogP contribution in [0, 0.1) is 11.3 Å². The Hall–Kier alpha value is -3.02. The second-order valence-electron chi connectivity index (χ2n) is 6.96. The Labute approximate surface area is 165 Å². The Morgan fingerprint density at radius 2 is 2.14 bits per heavy atom. The van der Waals surface area contributed by atoms with Crippen LogP contribution in [0.1, 0.15) is 18.4 Å². The van der Waals surface area contributed by atoms with Gasteiger partial charge in [-0.25, -0.2) is 4.98 Å². The van der Waals surface area contributed by atoms with Gasteiger partial charge >= 0.3 is 0 Å². The van der Waals surface area contributed by atoms with Crippen LogP contribution < -0.4 is 10.1 Å². The van der Waals surface area contributed by atoms with E-state index in [1.807, 2.05) is 31.4 Å². The molecule has 7 nitrogen and oxygen atoms in total. The number of nitrogens with one attached hydrogen (secondary N) is 1. The van der Waals surface area contributed by atoms with Crippen LogP contribution in [0.2, 0.25) is 0 Å². The summed E-state index contributed by atoms with van der Waals surface area (Å²) >= 11 is 1.54. The first-order valence-electron chi connectivity index (χ1n) is 9.21.